The van der Waals surface area contributed by atoms with Gasteiger partial charge in [0.05, 0.1) is 4.92 Å². The first kappa shape index (κ1) is 16.4. The van der Waals surface area contributed by atoms with Crippen molar-refractivity contribution >= 4 is 33.3 Å². The Kier molecular flexibility index (Phi) is 5.87. The Labute approximate surface area is 125 Å². The van der Waals surface area contributed by atoms with Crippen LogP contribution >= 0.6 is 15.9 Å². The second-order valence-corrected chi connectivity index (χ2v) is 5.70. The summed E-state index contributed by atoms with van der Waals surface area (Å²) in [5.74, 6) is 0.189. The fourth-order valence-corrected chi connectivity index (χ4v) is 1.73. The molecule has 1 aromatic rings. The zero-order valence-corrected chi connectivity index (χ0v) is 13.1. The maximum atomic E-state index is 11.8. The fraction of sp³-hybridized carbons (Fsp3) is 0.500. The number of rotatable bonds is 6. The number of nitrogens with zero attached hydrogens (tertiary/aromatic N) is 2. The number of nitro groups is 1. The first-order valence-corrected chi connectivity index (χ1v) is 6.94. The van der Waals surface area contributed by atoms with Crippen LogP contribution in [0.15, 0.2) is 16.7 Å². The average molecular weight is 345 g/mol. The molecule has 1 aromatic heterocycles. The van der Waals surface area contributed by atoms with Crippen molar-refractivity contribution in [3.63, 3.8) is 0 Å². The van der Waals surface area contributed by atoms with Gasteiger partial charge in [0.25, 0.3) is 0 Å². The van der Waals surface area contributed by atoms with Gasteiger partial charge in [0.2, 0.25) is 11.7 Å². The van der Waals surface area contributed by atoms with E-state index in [1.807, 2.05) is 13.8 Å². The van der Waals surface area contributed by atoms with Gasteiger partial charge in [-0.05, 0) is 28.8 Å². The molecular formula is C12H17BrN4O3. The van der Waals surface area contributed by atoms with Crippen molar-refractivity contribution < 1.29 is 9.72 Å². The summed E-state index contributed by atoms with van der Waals surface area (Å²) in [5.41, 5.74) is -0.178. The third-order valence-electron chi connectivity index (χ3n) is 2.46. The van der Waals surface area contributed by atoms with E-state index >= 15 is 0 Å². The first-order valence-electron chi connectivity index (χ1n) is 6.15. The number of pyridine rings is 1. The van der Waals surface area contributed by atoms with Gasteiger partial charge in [-0.1, -0.05) is 13.8 Å². The molecule has 20 heavy (non-hydrogen) atoms. The zero-order chi connectivity index (χ0) is 15.3. The summed E-state index contributed by atoms with van der Waals surface area (Å²) in [6, 6.07) is 0.731. The Morgan fingerprint density at radius 3 is 2.70 bits per heavy atom. The predicted molar refractivity (Wildman–Crippen MR) is 79.5 cm³/mol. The van der Waals surface area contributed by atoms with Crippen LogP contribution in [0.3, 0.4) is 0 Å². The molecule has 8 heteroatoms. The van der Waals surface area contributed by atoms with Gasteiger partial charge >= 0.3 is 5.69 Å². The summed E-state index contributed by atoms with van der Waals surface area (Å²) in [6.07, 6.45) is 1.44. The maximum Gasteiger partial charge on any atom is 0.312 e. The second-order valence-electron chi connectivity index (χ2n) is 4.78. The molecule has 0 saturated carbocycles. The molecule has 1 rings (SSSR count). The number of halogens is 1. The molecule has 0 bridgehead atoms. The highest BCUT2D eigenvalue weighted by Gasteiger charge is 2.20. The van der Waals surface area contributed by atoms with E-state index in [0.717, 1.165) is 0 Å². The monoisotopic (exact) mass is 344 g/mol. The molecule has 0 fully saturated rings. The molecule has 0 aliphatic heterocycles. The lowest BCUT2D eigenvalue weighted by Gasteiger charge is -2.15. The van der Waals surface area contributed by atoms with Crippen molar-refractivity contribution in [3.8, 4) is 0 Å². The second kappa shape index (κ2) is 7.18. The highest BCUT2D eigenvalue weighted by atomic mass is 79.9. The van der Waals surface area contributed by atoms with Crippen molar-refractivity contribution in [1.29, 1.82) is 0 Å². The Bertz CT molecular complexity index is 507. The molecule has 1 unspecified atom stereocenters. The van der Waals surface area contributed by atoms with E-state index in [-0.39, 0.29) is 17.4 Å². The van der Waals surface area contributed by atoms with E-state index in [2.05, 4.69) is 31.5 Å². The van der Waals surface area contributed by atoms with Gasteiger partial charge in [0.15, 0.2) is 0 Å². The summed E-state index contributed by atoms with van der Waals surface area (Å²) < 4.78 is 0.506. The molecule has 0 saturated heterocycles. The van der Waals surface area contributed by atoms with Crippen LogP contribution in [0.2, 0.25) is 0 Å². The van der Waals surface area contributed by atoms with Gasteiger partial charge < -0.3 is 10.6 Å². The molecule has 0 aromatic carbocycles. The summed E-state index contributed by atoms with van der Waals surface area (Å²) in [5, 5.41) is 16.5. The third kappa shape index (κ3) is 4.76. The van der Waals surface area contributed by atoms with E-state index in [9.17, 15) is 14.9 Å². The molecule has 1 atom stereocenters. The highest BCUT2D eigenvalue weighted by Crippen LogP contribution is 2.25. The number of anilines is 1. The number of aromatic nitrogens is 1. The van der Waals surface area contributed by atoms with Gasteiger partial charge in [0, 0.05) is 23.3 Å². The molecule has 0 radical (unpaired) electrons. The van der Waals surface area contributed by atoms with E-state index < -0.39 is 11.0 Å². The predicted octanol–water partition coefficient (Wildman–Crippen LogP) is 2.32. The minimum atomic E-state index is -0.610. The van der Waals surface area contributed by atoms with Gasteiger partial charge in [-0.2, -0.15) is 0 Å². The lowest BCUT2D eigenvalue weighted by molar-refractivity contribution is -0.384. The first-order chi connectivity index (χ1) is 9.31. The third-order valence-corrected chi connectivity index (χ3v) is 2.90. The molecule has 7 nitrogen and oxygen atoms in total. The summed E-state index contributed by atoms with van der Waals surface area (Å²) in [6.45, 7) is 6.16. The van der Waals surface area contributed by atoms with Crippen LogP contribution in [0.25, 0.3) is 0 Å². The molecule has 0 aliphatic carbocycles. The number of hydrogen-bond donors (Lipinski definition) is 2. The molecule has 1 heterocycles. The molecule has 0 spiro atoms. The van der Waals surface area contributed by atoms with E-state index in [0.29, 0.717) is 16.9 Å². The lowest BCUT2D eigenvalue weighted by Crippen LogP contribution is -2.39. The lowest BCUT2D eigenvalue weighted by atomic mass is 10.2. The summed E-state index contributed by atoms with van der Waals surface area (Å²) in [7, 11) is 0. The quantitative estimate of drug-likeness (QED) is 0.609. The van der Waals surface area contributed by atoms with Crippen LogP contribution < -0.4 is 10.6 Å². The number of amides is 1. The number of nitrogens with one attached hydrogen (secondary N) is 2. The standard InChI is InChI=1S/C12H17BrN4O3/c1-7(2)5-15-12(18)8(3)16-11-10(17(19)20)4-9(13)6-14-11/h4,6-8H,5H2,1-3H3,(H,14,16)(H,15,18). The average Bonchev–Trinajstić information content (AvgIpc) is 2.37. The Morgan fingerprint density at radius 1 is 1.50 bits per heavy atom. The van der Waals surface area contributed by atoms with Gasteiger partial charge in [-0.15, -0.1) is 0 Å². The van der Waals surface area contributed by atoms with Gasteiger partial charge in [-0.3, -0.25) is 14.9 Å². The molecule has 2 N–H and O–H groups in total. The smallest absolute Gasteiger partial charge is 0.312 e. The van der Waals surface area contributed by atoms with Crippen molar-refractivity contribution in [3.05, 3.63) is 26.9 Å². The van der Waals surface area contributed by atoms with Crippen LogP contribution in [-0.2, 0) is 4.79 Å². The molecule has 0 aliphatic rings. The minimum absolute atomic E-state index is 0.0744. The summed E-state index contributed by atoms with van der Waals surface area (Å²) >= 11 is 3.13. The van der Waals surface area contributed by atoms with Crippen molar-refractivity contribution in [2.75, 3.05) is 11.9 Å². The Hall–Kier alpha value is -1.70. The van der Waals surface area contributed by atoms with Crippen LogP contribution in [0.4, 0.5) is 11.5 Å². The summed E-state index contributed by atoms with van der Waals surface area (Å²) in [4.78, 5) is 26.2. The van der Waals surface area contributed by atoms with E-state index in [1.165, 1.54) is 12.3 Å². The Balaban J connectivity index is 2.77. The van der Waals surface area contributed by atoms with Crippen LogP contribution in [0.5, 0.6) is 0 Å². The largest absolute Gasteiger partial charge is 0.354 e. The number of hydrogen-bond acceptors (Lipinski definition) is 5. The maximum absolute atomic E-state index is 11.8. The van der Waals surface area contributed by atoms with Crippen molar-refractivity contribution in [1.82, 2.24) is 10.3 Å². The van der Waals surface area contributed by atoms with E-state index in [4.69, 9.17) is 0 Å². The minimum Gasteiger partial charge on any atom is -0.354 e. The van der Waals surface area contributed by atoms with Gasteiger partial charge in [-0.25, -0.2) is 4.98 Å². The van der Waals surface area contributed by atoms with E-state index in [1.54, 1.807) is 6.92 Å². The fourth-order valence-electron chi connectivity index (χ4n) is 1.41. The topological polar surface area (TPSA) is 97.2 Å². The number of carbonyl (C=O) groups excluding carboxylic acids is 1. The zero-order valence-electron chi connectivity index (χ0n) is 11.5. The van der Waals surface area contributed by atoms with Gasteiger partial charge in [0.1, 0.15) is 6.04 Å². The number of carbonyl (C=O) groups is 1. The Morgan fingerprint density at radius 2 is 2.15 bits per heavy atom. The molecule has 1 amide bonds. The molecule has 110 valence electrons. The van der Waals surface area contributed by atoms with Crippen LogP contribution in [0, 0.1) is 16.0 Å². The van der Waals surface area contributed by atoms with Crippen molar-refractivity contribution in [2.45, 2.75) is 26.8 Å². The highest BCUT2D eigenvalue weighted by molar-refractivity contribution is 9.10. The van der Waals surface area contributed by atoms with Crippen LogP contribution in [0.1, 0.15) is 20.8 Å². The van der Waals surface area contributed by atoms with Crippen LogP contribution in [-0.4, -0.2) is 28.4 Å². The SMILES string of the molecule is CC(C)CNC(=O)C(C)Nc1ncc(Br)cc1[N+](=O)[O-]. The normalized spacial score (nSPS) is 12.1. The molecular weight excluding hydrogens is 328 g/mol. The van der Waals surface area contributed by atoms with Crippen molar-refractivity contribution in [2.24, 2.45) is 5.92 Å².